The first-order chi connectivity index (χ1) is 10.2. The Morgan fingerprint density at radius 2 is 2.05 bits per heavy atom. The second kappa shape index (κ2) is 7.75. The van der Waals surface area contributed by atoms with Crippen LogP contribution in [-0.2, 0) is 0 Å². The van der Waals surface area contributed by atoms with Crippen molar-refractivity contribution in [2.75, 3.05) is 44.6 Å². The summed E-state index contributed by atoms with van der Waals surface area (Å²) in [7, 11) is 0. The van der Waals surface area contributed by atoms with Gasteiger partial charge in [0.1, 0.15) is 5.82 Å². The Morgan fingerprint density at radius 3 is 2.67 bits per heavy atom. The smallest absolute Gasteiger partial charge is 0.257 e. The zero-order valence-corrected chi connectivity index (χ0v) is 14.3. The normalized spacial score (nSPS) is 16.0. The molecule has 0 aliphatic carbocycles. The van der Waals surface area contributed by atoms with Gasteiger partial charge in [-0.3, -0.25) is 4.79 Å². The summed E-state index contributed by atoms with van der Waals surface area (Å²) in [6.45, 7) is 9.57. The van der Waals surface area contributed by atoms with Crippen LogP contribution in [0.4, 0.5) is 5.82 Å². The molecule has 6 heteroatoms. The lowest BCUT2D eigenvalue weighted by molar-refractivity contribution is 0.0644. The lowest BCUT2D eigenvalue weighted by atomic mass is 10.2. The van der Waals surface area contributed by atoms with Gasteiger partial charge in [0.05, 0.1) is 5.56 Å². The van der Waals surface area contributed by atoms with Crippen molar-refractivity contribution < 1.29 is 4.79 Å². The van der Waals surface area contributed by atoms with Crippen LogP contribution < -0.4 is 5.32 Å². The van der Waals surface area contributed by atoms with Gasteiger partial charge < -0.3 is 15.1 Å². The molecule has 1 aromatic heterocycles. The van der Waals surface area contributed by atoms with Crippen LogP contribution in [0, 0.1) is 0 Å². The zero-order valence-electron chi connectivity index (χ0n) is 12.7. The fraction of sp³-hybridized carbons (Fsp3) is 0.600. The minimum absolute atomic E-state index is 0.0677. The fourth-order valence-electron chi connectivity index (χ4n) is 2.42. The van der Waals surface area contributed by atoms with Gasteiger partial charge in [-0.25, -0.2) is 4.98 Å². The van der Waals surface area contributed by atoms with Crippen LogP contribution in [0.5, 0.6) is 0 Å². The predicted molar refractivity (Wildman–Crippen MR) is 88.7 cm³/mol. The van der Waals surface area contributed by atoms with Gasteiger partial charge >= 0.3 is 0 Å². The standard InChI is InChI=1S/C15H23BrN4O/c1-3-5-17-14-13(10-12(16)11-18-14)15(21)20-8-6-19(4-2)7-9-20/h10-11H,3-9H2,1-2H3,(H,17,18). The van der Waals surface area contributed by atoms with E-state index in [4.69, 9.17) is 0 Å². The highest BCUT2D eigenvalue weighted by Crippen LogP contribution is 2.20. The molecule has 0 spiro atoms. The Morgan fingerprint density at radius 1 is 1.33 bits per heavy atom. The molecule has 0 saturated carbocycles. The van der Waals surface area contributed by atoms with Gasteiger partial charge in [-0.2, -0.15) is 0 Å². The van der Waals surface area contributed by atoms with Crippen LogP contribution in [0.15, 0.2) is 16.7 Å². The number of nitrogens with zero attached hydrogens (tertiary/aromatic N) is 3. The topological polar surface area (TPSA) is 48.5 Å². The maximum atomic E-state index is 12.7. The van der Waals surface area contributed by atoms with Crippen molar-refractivity contribution in [1.82, 2.24) is 14.8 Å². The van der Waals surface area contributed by atoms with Gasteiger partial charge in [-0.15, -0.1) is 0 Å². The first-order valence-electron chi connectivity index (χ1n) is 7.56. The summed E-state index contributed by atoms with van der Waals surface area (Å²) in [5, 5.41) is 3.24. The van der Waals surface area contributed by atoms with Gasteiger partial charge in [-0.1, -0.05) is 13.8 Å². The number of likely N-dealkylation sites (N-methyl/N-ethyl adjacent to an activating group) is 1. The highest BCUT2D eigenvalue weighted by Gasteiger charge is 2.23. The number of piperazine rings is 1. The van der Waals surface area contributed by atoms with Crippen molar-refractivity contribution in [1.29, 1.82) is 0 Å². The average Bonchev–Trinajstić information content (AvgIpc) is 2.53. The van der Waals surface area contributed by atoms with Crippen molar-refractivity contribution >= 4 is 27.7 Å². The molecule has 0 radical (unpaired) electrons. The predicted octanol–water partition coefficient (Wildman–Crippen LogP) is 2.44. The molecule has 2 rings (SSSR count). The first kappa shape index (κ1) is 16.2. The minimum Gasteiger partial charge on any atom is -0.369 e. The van der Waals surface area contributed by atoms with Crippen molar-refractivity contribution in [3.8, 4) is 0 Å². The molecule has 1 aromatic rings. The maximum absolute atomic E-state index is 12.7. The highest BCUT2D eigenvalue weighted by atomic mass is 79.9. The molecule has 2 heterocycles. The number of pyridine rings is 1. The van der Waals surface area contributed by atoms with Gasteiger partial charge in [-0.05, 0) is 35.0 Å². The van der Waals surface area contributed by atoms with Crippen LogP contribution in [0.3, 0.4) is 0 Å². The largest absolute Gasteiger partial charge is 0.369 e. The van der Waals surface area contributed by atoms with Gasteiger partial charge in [0, 0.05) is 43.4 Å². The molecule has 0 unspecified atom stereocenters. The van der Waals surface area contributed by atoms with E-state index in [9.17, 15) is 4.79 Å². The van der Waals surface area contributed by atoms with E-state index < -0.39 is 0 Å². The summed E-state index contributed by atoms with van der Waals surface area (Å²) in [6.07, 6.45) is 2.73. The van der Waals surface area contributed by atoms with Gasteiger partial charge in [0.15, 0.2) is 0 Å². The second-order valence-corrected chi connectivity index (χ2v) is 6.12. The molecule has 1 aliphatic heterocycles. The summed E-state index contributed by atoms with van der Waals surface area (Å²) in [6, 6.07) is 1.86. The van der Waals surface area contributed by atoms with Crippen molar-refractivity contribution in [3.05, 3.63) is 22.3 Å². The van der Waals surface area contributed by atoms with E-state index in [1.165, 1.54) is 0 Å². The fourth-order valence-corrected chi connectivity index (χ4v) is 2.76. The van der Waals surface area contributed by atoms with E-state index in [1.807, 2.05) is 11.0 Å². The Balaban J connectivity index is 2.12. The van der Waals surface area contributed by atoms with Crippen LogP contribution in [0.25, 0.3) is 0 Å². The monoisotopic (exact) mass is 354 g/mol. The van der Waals surface area contributed by atoms with E-state index in [0.29, 0.717) is 11.4 Å². The van der Waals surface area contributed by atoms with E-state index in [2.05, 4.69) is 45.0 Å². The highest BCUT2D eigenvalue weighted by molar-refractivity contribution is 9.10. The number of hydrogen-bond donors (Lipinski definition) is 1. The first-order valence-corrected chi connectivity index (χ1v) is 8.36. The summed E-state index contributed by atoms with van der Waals surface area (Å²) in [5.41, 5.74) is 0.655. The Kier molecular flexibility index (Phi) is 5.99. The molecule has 1 N–H and O–H groups in total. The number of rotatable bonds is 5. The molecule has 0 atom stereocenters. The van der Waals surface area contributed by atoms with Crippen LogP contribution in [0.2, 0.25) is 0 Å². The molecule has 5 nitrogen and oxygen atoms in total. The Bertz CT molecular complexity index is 487. The SMILES string of the molecule is CCCNc1ncc(Br)cc1C(=O)N1CCN(CC)CC1. The number of carbonyl (C=O) groups excluding carboxylic acids is 1. The van der Waals surface area contributed by atoms with E-state index in [0.717, 1.165) is 50.2 Å². The number of aromatic nitrogens is 1. The Hall–Kier alpha value is -1.14. The quantitative estimate of drug-likeness (QED) is 0.882. The van der Waals surface area contributed by atoms with E-state index >= 15 is 0 Å². The third-order valence-electron chi connectivity index (χ3n) is 3.73. The average molecular weight is 355 g/mol. The lowest BCUT2D eigenvalue weighted by Gasteiger charge is -2.34. The zero-order chi connectivity index (χ0) is 15.2. The summed E-state index contributed by atoms with van der Waals surface area (Å²) < 4.78 is 0.833. The third-order valence-corrected chi connectivity index (χ3v) is 4.17. The maximum Gasteiger partial charge on any atom is 0.257 e. The molecular formula is C15H23BrN4O. The summed E-state index contributed by atoms with van der Waals surface area (Å²) in [4.78, 5) is 21.4. The second-order valence-electron chi connectivity index (χ2n) is 5.20. The minimum atomic E-state index is 0.0677. The molecule has 1 fully saturated rings. The number of anilines is 1. The summed E-state index contributed by atoms with van der Waals surface area (Å²) >= 11 is 3.41. The van der Waals surface area contributed by atoms with Crippen LogP contribution in [-0.4, -0.2) is 60.0 Å². The molecule has 0 aromatic carbocycles. The van der Waals surface area contributed by atoms with Gasteiger partial charge in [0.25, 0.3) is 5.91 Å². The summed E-state index contributed by atoms with van der Waals surface area (Å²) in [5.74, 6) is 0.751. The number of carbonyl (C=O) groups is 1. The van der Waals surface area contributed by atoms with Gasteiger partial charge in [0.2, 0.25) is 0 Å². The molecule has 1 saturated heterocycles. The lowest BCUT2D eigenvalue weighted by Crippen LogP contribution is -2.48. The van der Waals surface area contributed by atoms with Crippen molar-refractivity contribution in [3.63, 3.8) is 0 Å². The molecular weight excluding hydrogens is 332 g/mol. The molecule has 1 aliphatic rings. The Labute approximate surface area is 134 Å². The molecule has 21 heavy (non-hydrogen) atoms. The van der Waals surface area contributed by atoms with Crippen LogP contribution >= 0.6 is 15.9 Å². The molecule has 116 valence electrons. The number of nitrogens with one attached hydrogen (secondary N) is 1. The van der Waals surface area contributed by atoms with Crippen molar-refractivity contribution in [2.24, 2.45) is 0 Å². The van der Waals surface area contributed by atoms with E-state index in [-0.39, 0.29) is 5.91 Å². The van der Waals surface area contributed by atoms with Crippen molar-refractivity contribution in [2.45, 2.75) is 20.3 Å². The number of amides is 1. The molecule has 1 amide bonds. The molecule has 0 bridgehead atoms. The number of hydrogen-bond acceptors (Lipinski definition) is 4. The third kappa shape index (κ3) is 4.17. The van der Waals surface area contributed by atoms with Crippen LogP contribution in [0.1, 0.15) is 30.6 Å². The van der Waals surface area contributed by atoms with E-state index in [1.54, 1.807) is 6.20 Å². The number of halogens is 1.